The zero-order valence-corrected chi connectivity index (χ0v) is 18.2. The van der Waals surface area contributed by atoms with Gasteiger partial charge in [0.05, 0.1) is 13.7 Å². The molecule has 1 saturated carbocycles. The van der Waals surface area contributed by atoms with Crippen LogP contribution < -0.4 is 15.8 Å². The van der Waals surface area contributed by atoms with Crippen molar-refractivity contribution in [3.63, 3.8) is 0 Å². The van der Waals surface area contributed by atoms with E-state index in [0.717, 1.165) is 18.0 Å². The molecule has 6 heteroatoms. The van der Waals surface area contributed by atoms with E-state index in [1.165, 1.54) is 64.5 Å². The van der Waals surface area contributed by atoms with E-state index in [4.69, 9.17) is 15.5 Å². The SMILES string of the molecule is COc1ccc(NC(N)=NCC2(N3CCCCC3)CCCCC2)cc1.I. The molecule has 3 rings (SSSR count). The van der Waals surface area contributed by atoms with Crippen molar-refractivity contribution in [2.45, 2.75) is 56.9 Å². The number of hydrogen-bond donors (Lipinski definition) is 2. The summed E-state index contributed by atoms with van der Waals surface area (Å²) < 4.78 is 5.19. The van der Waals surface area contributed by atoms with Crippen LogP contribution in [0.2, 0.25) is 0 Å². The van der Waals surface area contributed by atoms with Crippen LogP contribution in [0.15, 0.2) is 29.3 Å². The molecule has 26 heavy (non-hydrogen) atoms. The zero-order valence-electron chi connectivity index (χ0n) is 15.9. The number of ether oxygens (including phenoxy) is 1. The zero-order chi connectivity index (χ0) is 17.5. The molecule has 0 radical (unpaired) electrons. The number of guanidine groups is 1. The number of nitrogens with zero attached hydrogens (tertiary/aromatic N) is 2. The van der Waals surface area contributed by atoms with Gasteiger partial charge in [0.1, 0.15) is 5.75 Å². The summed E-state index contributed by atoms with van der Waals surface area (Å²) in [6, 6.07) is 7.77. The van der Waals surface area contributed by atoms with Gasteiger partial charge >= 0.3 is 0 Å². The fraction of sp³-hybridized carbons (Fsp3) is 0.650. The Morgan fingerprint density at radius 3 is 2.31 bits per heavy atom. The van der Waals surface area contributed by atoms with Crippen molar-refractivity contribution in [2.24, 2.45) is 10.7 Å². The first-order valence-corrected chi connectivity index (χ1v) is 9.68. The van der Waals surface area contributed by atoms with Crippen molar-refractivity contribution in [1.29, 1.82) is 0 Å². The van der Waals surface area contributed by atoms with Crippen LogP contribution in [-0.2, 0) is 0 Å². The van der Waals surface area contributed by atoms with Gasteiger partial charge in [-0.15, -0.1) is 24.0 Å². The van der Waals surface area contributed by atoms with Crippen molar-refractivity contribution in [3.05, 3.63) is 24.3 Å². The molecule has 1 aromatic carbocycles. The minimum absolute atomic E-state index is 0. The molecule has 2 fully saturated rings. The average Bonchev–Trinajstić information content (AvgIpc) is 2.68. The molecule has 0 atom stereocenters. The molecule has 0 aromatic heterocycles. The maximum atomic E-state index is 6.17. The topological polar surface area (TPSA) is 62.9 Å². The van der Waals surface area contributed by atoms with Gasteiger partial charge in [0, 0.05) is 11.2 Å². The highest BCUT2D eigenvalue weighted by molar-refractivity contribution is 14.0. The molecule has 0 bridgehead atoms. The molecule has 0 spiro atoms. The Labute approximate surface area is 174 Å². The molecule has 1 aliphatic heterocycles. The molecular formula is C20H33IN4O. The van der Waals surface area contributed by atoms with Crippen LogP contribution in [-0.4, -0.2) is 43.1 Å². The molecule has 1 saturated heterocycles. The lowest BCUT2D eigenvalue weighted by atomic mass is 9.79. The summed E-state index contributed by atoms with van der Waals surface area (Å²) >= 11 is 0. The molecule has 0 amide bonds. The summed E-state index contributed by atoms with van der Waals surface area (Å²) in [6.45, 7) is 3.25. The van der Waals surface area contributed by atoms with Gasteiger partial charge in [0.2, 0.25) is 0 Å². The summed E-state index contributed by atoms with van der Waals surface area (Å²) in [5.74, 6) is 1.35. The first-order valence-electron chi connectivity index (χ1n) is 9.68. The van der Waals surface area contributed by atoms with Gasteiger partial charge in [-0.2, -0.15) is 0 Å². The third-order valence-electron chi connectivity index (χ3n) is 5.72. The van der Waals surface area contributed by atoms with E-state index in [0.29, 0.717) is 5.96 Å². The highest BCUT2D eigenvalue weighted by Crippen LogP contribution is 2.35. The molecule has 5 nitrogen and oxygen atoms in total. The van der Waals surface area contributed by atoms with E-state index in [9.17, 15) is 0 Å². The highest BCUT2D eigenvalue weighted by Gasteiger charge is 2.38. The predicted octanol–water partition coefficient (Wildman–Crippen LogP) is 4.23. The summed E-state index contributed by atoms with van der Waals surface area (Å²) in [6.07, 6.45) is 10.5. The van der Waals surface area contributed by atoms with Crippen LogP contribution in [0.5, 0.6) is 5.75 Å². The predicted molar refractivity (Wildman–Crippen MR) is 120 cm³/mol. The third-order valence-corrected chi connectivity index (χ3v) is 5.72. The Morgan fingerprint density at radius 1 is 1.08 bits per heavy atom. The highest BCUT2D eigenvalue weighted by atomic mass is 127. The van der Waals surface area contributed by atoms with Gasteiger partial charge in [-0.3, -0.25) is 9.89 Å². The fourth-order valence-electron chi connectivity index (χ4n) is 4.25. The van der Waals surface area contributed by atoms with Gasteiger partial charge in [0.25, 0.3) is 0 Å². The number of hydrogen-bond acceptors (Lipinski definition) is 3. The van der Waals surface area contributed by atoms with Crippen molar-refractivity contribution in [2.75, 3.05) is 32.1 Å². The Balaban J connectivity index is 0.00000243. The maximum Gasteiger partial charge on any atom is 0.193 e. The van der Waals surface area contributed by atoms with Crippen molar-refractivity contribution in [1.82, 2.24) is 4.90 Å². The minimum Gasteiger partial charge on any atom is -0.497 e. The smallest absolute Gasteiger partial charge is 0.193 e. The van der Waals surface area contributed by atoms with Crippen LogP contribution in [0, 0.1) is 0 Å². The number of nitrogens with two attached hydrogens (primary N) is 1. The fourth-order valence-corrected chi connectivity index (χ4v) is 4.25. The molecule has 1 aromatic rings. The molecular weight excluding hydrogens is 439 g/mol. The largest absolute Gasteiger partial charge is 0.497 e. The second kappa shape index (κ2) is 10.3. The number of likely N-dealkylation sites (tertiary alicyclic amines) is 1. The number of benzene rings is 1. The van der Waals surface area contributed by atoms with E-state index in [2.05, 4.69) is 10.2 Å². The average molecular weight is 472 g/mol. The van der Waals surface area contributed by atoms with E-state index < -0.39 is 0 Å². The standard InChI is InChI=1S/C20H32N4O.HI/c1-25-18-10-8-17(9-11-18)23-19(21)22-16-20(12-4-2-5-13-20)24-14-6-3-7-15-24;/h8-11H,2-7,12-16H2,1H3,(H3,21,22,23);1H. The van der Waals surface area contributed by atoms with Gasteiger partial charge < -0.3 is 15.8 Å². The second-order valence-corrected chi connectivity index (χ2v) is 7.39. The number of anilines is 1. The van der Waals surface area contributed by atoms with Gasteiger partial charge in [-0.05, 0) is 63.0 Å². The monoisotopic (exact) mass is 472 g/mol. The Morgan fingerprint density at radius 2 is 1.69 bits per heavy atom. The van der Waals surface area contributed by atoms with Crippen molar-refractivity contribution >= 4 is 35.6 Å². The summed E-state index contributed by atoms with van der Waals surface area (Å²) in [5.41, 5.74) is 7.34. The Bertz CT molecular complexity index is 564. The number of halogens is 1. The lowest BCUT2D eigenvalue weighted by molar-refractivity contribution is 0.0408. The normalized spacial score (nSPS) is 20.9. The summed E-state index contributed by atoms with van der Waals surface area (Å²) in [7, 11) is 1.67. The molecule has 146 valence electrons. The van der Waals surface area contributed by atoms with Gasteiger partial charge in [0.15, 0.2) is 5.96 Å². The Kier molecular flexibility index (Phi) is 8.47. The van der Waals surface area contributed by atoms with E-state index in [1.54, 1.807) is 7.11 Å². The van der Waals surface area contributed by atoms with Gasteiger partial charge in [-0.1, -0.05) is 25.7 Å². The first kappa shape index (κ1) is 21.3. The number of methoxy groups -OCH3 is 1. The molecule has 1 aliphatic carbocycles. The van der Waals surface area contributed by atoms with E-state index in [1.807, 2.05) is 24.3 Å². The number of nitrogens with one attached hydrogen (secondary N) is 1. The quantitative estimate of drug-likeness (QED) is 0.383. The first-order chi connectivity index (χ1) is 12.2. The Hall–Kier alpha value is -1.02. The number of aliphatic imine (C=N–C) groups is 1. The van der Waals surface area contributed by atoms with Crippen LogP contribution in [0.3, 0.4) is 0 Å². The van der Waals surface area contributed by atoms with Crippen LogP contribution in [0.1, 0.15) is 51.4 Å². The summed E-state index contributed by atoms with van der Waals surface area (Å²) in [4.78, 5) is 7.45. The molecule has 1 heterocycles. The number of rotatable bonds is 5. The molecule has 2 aliphatic rings. The lowest BCUT2D eigenvalue weighted by Gasteiger charge is -2.47. The lowest BCUT2D eigenvalue weighted by Crippen LogP contribution is -2.54. The third kappa shape index (κ3) is 5.49. The molecule has 0 unspecified atom stereocenters. The van der Waals surface area contributed by atoms with E-state index in [-0.39, 0.29) is 29.5 Å². The van der Waals surface area contributed by atoms with Crippen molar-refractivity contribution < 1.29 is 4.74 Å². The van der Waals surface area contributed by atoms with Crippen molar-refractivity contribution in [3.8, 4) is 5.75 Å². The van der Waals surface area contributed by atoms with Crippen LogP contribution >= 0.6 is 24.0 Å². The summed E-state index contributed by atoms with van der Waals surface area (Å²) in [5, 5.41) is 3.21. The minimum atomic E-state index is 0. The van der Waals surface area contributed by atoms with Crippen LogP contribution in [0.25, 0.3) is 0 Å². The van der Waals surface area contributed by atoms with Crippen LogP contribution in [0.4, 0.5) is 5.69 Å². The molecule has 3 N–H and O–H groups in total. The maximum absolute atomic E-state index is 6.17. The second-order valence-electron chi connectivity index (χ2n) is 7.39. The number of piperidine rings is 1. The van der Waals surface area contributed by atoms with E-state index >= 15 is 0 Å². The van der Waals surface area contributed by atoms with Gasteiger partial charge in [-0.25, -0.2) is 0 Å².